The lowest BCUT2D eigenvalue weighted by atomic mass is 10.1. The van der Waals surface area contributed by atoms with Crippen molar-refractivity contribution in [3.05, 3.63) is 35.9 Å². The first-order valence-electron chi connectivity index (χ1n) is 8.10. The molecule has 2 aromatic heterocycles. The number of halogens is 1. The molecule has 0 saturated heterocycles. The van der Waals surface area contributed by atoms with Crippen LogP contribution in [0.2, 0.25) is 0 Å². The maximum atomic E-state index is 14.5. The molecule has 0 spiro atoms. The third kappa shape index (κ3) is 4.17. The van der Waals surface area contributed by atoms with Crippen molar-refractivity contribution in [2.45, 2.75) is 19.4 Å². The summed E-state index contributed by atoms with van der Waals surface area (Å²) in [7, 11) is 3.21. The van der Waals surface area contributed by atoms with E-state index in [2.05, 4.69) is 15.3 Å². The van der Waals surface area contributed by atoms with Crippen molar-refractivity contribution in [3.63, 3.8) is 0 Å². The molecule has 1 atom stereocenters. The van der Waals surface area contributed by atoms with Crippen LogP contribution in [0.1, 0.15) is 23.7 Å². The molecule has 140 valence electrons. The first-order chi connectivity index (χ1) is 12.4. The number of nitrogens with two attached hydrogens (primary N) is 2. The van der Waals surface area contributed by atoms with Gasteiger partial charge in [0.05, 0.1) is 30.8 Å². The number of methoxy groups -OCH3 is 1. The highest BCUT2D eigenvalue weighted by molar-refractivity contribution is 5.98. The molecule has 0 aliphatic heterocycles. The summed E-state index contributed by atoms with van der Waals surface area (Å²) in [4.78, 5) is 21.7. The topological polar surface area (TPSA) is 119 Å². The van der Waals surface area contributed by atoms with Gasteiger partial charge in [-0.15, -0.1) is 0 Å². The minimum absolute atomic E-state index is 0.0664. The van der Waals surface area contributed by atoms with Crippen LogP contribution in [0.4, 0.5) is 21.7 Å². The second-order valence-electron chi connectivity index (χ2n) is 5.70. The molecule has 0 aliphatic carbocycles. The van der Waals surface area contributed by atoms with Gasteiger partial charge in [0, 0.05) is 25.7 Å². The molecule has 2 heterocycles. The number of nitrogens with one attached hydrogen (secondary N) is 1. The average Bonchev–Trinajstić information content (AvgIpc) is 2.63. The number of aromatic nitrogens is 2. The quantitative estimate of drug-likeness (QED) is 0.653. The Morgan fingerprint density at radius 1 is 1.42 bits per heavy atom. The monoisotopic (exact) mass is 362 g/mol. The van der Waals surface area contributed by atoms with Crippen molar-refractivity contribution < 1.29 is 13.9 Å². The summed E-state index contributed by atoms with van der Waals surface area (Å²) in [5.41, 5.74) is 11.6. The van der Waals surface area contributed by atoms with E-state index in [0.717, 1.165) is 6.07 Å². The van der Waals surface area contributed by atoms with Gasteiger partial charge in [-0.1, -0.05) is 6.92 Å². The van der Waals surface area contributed by atoms with Crippen molar-refractivity contribution in [3.8, 4) is 5.75 Å². The number of amides is 1. The van der Waals surface area contributed by atoms with E-state index >= 15 is 0 Å². The standard InChI is InChI=1S/C17H23FN6O2/c1-4-11(7-19)24(2)17-14(18)6-13(15(20)25)16(23-17)22-10-5-12(26-3)9-21-8-10/h5-6,8-9,11H,4,7,19H2,1-3H3,(H2,20,25)(H,22,23). The molecular weight excluding hydrogens is 339 g/mol. The van der Waals surface area contributed by atoms with Crippen molar-refractivity contribution >= 4 is 23.2 Å². The second-order valence-corrected chi connectivity index (χ2v) is 5.70. The number of carbonyl (C=O) groups is 1. The highest BCUT2D eigenvalue weighted by Crippen LogP contribution is 2.27. The number of hydrogen-bond donors (Lipinski definition) is 3. The van der Waals surface area contributed by atoms with Crippen molar-refractivity contribution in [2.75, 3.05) is 30.9 Å². The van der Waals surface area contributed by atoms with Crippen LogP contribution in [0.15, 0.2) is 24.5 Å². The number of rotatable bonds is 8. The van der Waals surface area contributed by atoms with Crippen molar-refractivity contribution in [2.24, 2.45) is 11.5 Å². The second kappa shape index (κ2) is 8.43. The van der Waals surface area contributed by atoms with Crippen LogP contribution < -0.4 is 26.4 Å². The van der Waals surface area contributed by atoms with E-state index in [1.807, 2.05) is 6.92 Å². The molecule has 8 nitrogen and oxygen atoms in total. The van der Waals surface area contributed by atoms with Gasteiger partial charge in [0.1, 0.15) is 11.6 Å². The zero-order chi connectivity index (χ0) is 19.3. The summed E-state index contributed by atoms with van der Waals surface area (Å²) >= 11 is 0. The molecular formula is C17H23FN6O2. The predicted molar refractivity (Wildman–Crippen MR) is 98.3 cm³/mol. The number of primary amides is 1. The van der Waals surface area contributed by atoms with Crippen molar-refractivity contribution in [1.29, 1.82) is 0 Å². The molecule has 0 aromatic carbocycles. The number of ether oxygens (including phenoxy) is 1. The zero-order valence-corrected chi connectivity index (χ0v) is 15.0. The lowest BCUT2D eigenvalue weighted by molar-refractivity contribution is 0.100. The van der Waals surface area contributed by atoms with Gasteiger partial charge in [0.15, 0.2) is 11.6 Å². The van der Waals surface area contributed by atoms with E-state index in [0.29, 0.717) is 24.4 Å². The number of pyridine rings is 2. The third-order valence-corrected chi connectivity index (χ3v) is 4.06. The average molecular weight is 362 g/mol. The Bertz CT molecular complexity index is 782. The number of anilines is 3. The lowest BCUT2D eigenvalue weighted by Gasteiger charge is -2.28. The molecule has 5 N–H and O–H groups in total. The molecule has 0 radical (unpaired) electrons. The normalized spacial score (nSPS) is 11.7. The zero-order valence-electron chi connectivity index (χ0n) is 15.0. The molecule has 1 unspecified atom stereocenters. The van der Waals surface area contributed by atoms with Crippen LogP contribution in [-0.4, -0.2) is 42.6 Å². The van der Waals surface area contributed by atoms with Crippen LogP contribution in [0.3, 0.4) is 0 Å². The molecule has 2 aromatic rings. The van der Waals surface area contributed by atoms with Crippen LogP contribution >= 0.6 is 0 Å². The molecule has 1 amide bonds. The number of likely N-dealkylation sites (N-methyl/N-ethyl adjacent to an activating group) is 1. The SMILES string of the molecule is CCC(CN)N(C)c1nc(Nc2cncc(OC)c2)c(C(N)=O)cc1F. The number of nitrogens with zero attached hydrogens (tertiary/aromatic N) is 3. The van der Waals surface area contributed by atoms with E-state index in [-0.39, 0.29) is 23.2 Å². The largest absolute Gasteiger partial charge is 0.495 e. The molecule has 0 saturated carbocycles. The van der Waals surface area contributed by atoms with Gasteiger partial charge in [-0.05, 0) is 12.5 Å². The molecule has 9 heteroatoms. The number of carbonyl (C=O) groups excluding carboxylic acids is 1. The van der Waals surface area contributed by atoms with Gasteiger partial charge in [0.2, 0.25) is 0 Å². The predicted octanol–water partition coefficient (Wildman–Crippen LogP) is 1.64. The minimum atomic E-state index is -0.796. The van der Waals surface area contributed by atoms with Gasteiger partial charge in [-0.2, -0.15) is 0 Å². The van der Waals surface area contributed by atoms with Crippen LogP contribution in [0, 0.1) is 5.82 Å². The fraction of sp³-hybridized carbons (Fsp3) is 0.353. The van der Waals surface area contributed by atoms with E-state index in [1.54, 1.807) is 18.0 Å². The Hall–Kier alpha value is -2.94. The summed E-state index contributed by atoms with van der Waals surface area (Å²) in [6.45, 7) is 2.29. The molecule has 0 fully saturated rings. The van der Waals surface area contributed by atoms with Crippen LogP contribution in [-0.2, 0) is 0 Å². The highest BCUT2D eigenvalue weighted by Gasteiger charge is 2.21. The Kier molecular flexibility index (Phi) is 6.29. The van der Waals surface area contributed by atoms with Gasteiger partial charge in [0.25, 0.3) is 5.91 Å². The Balaban J connectivity index is 2.48. The summed E-state index contributed by atoms with van der Waals surface area (Å²) < 4.78 is 19.6. The molecule has 0 bridgehead atoms. The fourth-order valence-corrected chi connectivity index (χ4v) is 2.52. The molecule has 2 rings (SSSR count). The third-order valence-electron chi connectivity index (χ3n) is 4.06. The van der Waals surface area contributed by atoms with E-state index in [1.165, 1.54) is 19.5 Å². The first kappa shape index (κ1) is 19.4. The van der Waals surface area contributed by atoms with Gasteiger partial charge >= 0.3 is 0 Å². The van der Waals surface area contributed by atoms with E-state index in [9.17, 15) is 9.18 Å². The first-order valence-corrected chi connectivity index (χ1v) is 8.10. The van der Waals surface area contributed by atoms with Gasteiger partial charge < -0.3 is 26.4 Å². The van der Waals surface area contributed by atoms with Crippen LogP contribution in [0.25, 0.3) is 0 Å². The summed E-state index contributed by atoms with van der Waals surface area (Å²) in [6.07, 6.45) is 3.77. The fourth-order valence-electron chi connectivity index (χ4n) is 2.52. The summed E-state index contributed by atoms with van der Waals surface area (Å²) in [5, 5.41) is 2.95. The lowest BCUT2D eigenvalue weighted by Crippen LogP contribution is -2.38. The van der Waals surface area contributed by atoms with E-state index in [4.69, 9.17) is 16.2 Å². The maximum absolute atomic E-state index is 14.5. The Morgan fingerprint density at radius 2 is 2.15 bits per heavy atom. The van der Waals surface area contributed by atoms with Crippen molar-refractivity contribution in [1.82, 2.24) is 9.97 Å². The molecule has 26 heavy (non-hydrogen) atoms. The highest BCUT2D eigenvalue weighted by atomic mass is 19.1. The minimum Gasteiger partial charge on any atom is -0.495 e. The smallest absolute Gasteiger partial charge is 0.252 e. The van der Waals surface area contributed by atoms with Crippen LogP contribution in [0.5, 0.6) is 5.75 Å². The van der Waals surface area contributed by atoms with Gasteiger partial charge in [-0.25, -0.2) is 9.37 Å². The molecule has 0 aliphatic rings. The maximum Gasteiger partial charge on any atom is 0.252 e. The Morgan fingerprint density at radius 3 is 2.73 bits per heavy atom. The van der Waals surface area contributed by atoms with Gasteiger partial charge in [-0.3, -0.25) is 9.78 Å². The Labute approximate surface area is 151 Å². The summed E-state index contributed by atoms with van der Waals surface area (Å²) in [6, 6.07) is 2.64. The summed E-state index contributed by atoms with van der Waals surface area (Å²) in [5.74, 6) is -0.727. The van der Waals surface area contributed by atoms with E-state index < -0.39 is 11.7 Å². The number of hydrogen-bond acceptors (Lipinski definition) is 7.